The Balaban J connectivity index is 1.93. The molecule has 0 aliphatic carbocycles. The van der Waals surface area contributed by atoms with Crippen molar-refractivity contribution in [2.24, 2.45) is 0 Å². The summed E-state index contributed by atoms with van der Waals surface area (Å²) in [6.07, 6.45) is -5.23. The first-order chi connectivity index (χ1) is 14.5. The van der Waals surface area contributed by atoms with Crippen molar-refractivity contribution in [3.8, 4) is 0 Å². The first kappa shape index (κ1) is 23.1. The molecule has 5 nitrogen and oxygen atoms in total. The van der Waals surface area contributed by atoms with E-state index in [4.69, 9.17) is 0 Å². The van der Waals surface area contributed by atoms with Gasteiger partial charge >= 0.3 is 12.3 Å². The van der Waals surface area contributed by atoms with Gasteiger partial charge in [-0.15, -0.1) is 0 Å². The normalized spacial score (nSPS) is 19.2. The molecule has 1 N–H and O–H groups in total. The largest absolute Gasteiger partial charge is 0.465 e. The quantitative estimate of drug-likeness (QED) is 0.617. The van der Waals surface area contributed by atoms with Crippen LogP contribution in [0, 0.1) is 6.92 Å². The minimum Gasteiger partial charge on any atom is -0.465 e. The molecule has 0 unspecified atom stereocenters. The summed E-state index contributed by atoms with van der Waals surface area (Å²) in [5.41, 5.74) is 0.942. The predicted molar refractivity (Wildman–Crippen MR) is 113 cm³/mol. The molecule has 0 saturated carbocycles. The molecule has 0 spiro atoms. The number of likely N-dealkylation sites (tertiary alicyclic amines) is 1. The Morgan fingerprint density at radius 3 is 2.39 bits per heavy atom. The van der Waals surface area contributed by atoms with Crippen molar-refractivity contribution in [3.05, 3.63) is 69.2 Å². The average Bonchev–Trinajstić information content (AvgIpc) is 2.71. The van der Waals surface area contributed by atoms with Crippen molar-refractivity contribution < 1.29 is 27.9 Å². The van der Waals surface area contributed by atoms with Crippen LogP contribution in [0.4, 0.5) is 18.0 Å². The molecule has 1 saturated heterocycles. The fraction of sp³-hybridized carbons (Fsp3) is 0.364. The lowest BCUT2D eigenvalue weighted by atomic mass is 9.84. The second kappa shape index (κ2) is 8.90. The number of halogens is 4. The van der Waals surface area contributed by atoms with Gasteiger partial charge in [0.25, 0.3) is 5.91 Å². The smallest absolute Gasteiger partial charge is 0.416 e. The highest BCUT2D eigenvalue weighted by atomic mass is 79.9. The number of nitrogens with zero attached hydrogens (tertiary/aromatic N) is 2. The molecule has 1 heterocycles. The monoisotopic (exact) mass is 498 g/mol. The van der Waals surface area contributed by atoms with E-state index in [-0.39, 0.29) is 35.1 Å². The second-order valence-electron chi connectivity index (χ2n) is 7.74. The van der Waals surface area contributed by atoms with E-state index in [0.29, 0.717) is 6.42 Å². The highest BCUT2D eigenvalue weighted by Crippen LogP contribution is 2.34. The Morgan fingerprint density at radius 2 is 1.81 bits per heavy atom. The summed E-state index contributed by atoms with van der Waals surface area (Å²) in [4.78, 5) is 27.4. The van der Waals surface area contributed by atoms with Crippen molar-refractivity contribution in [1.82, 2.24) is 9.80 Å². The molecule has 0 radical (unpaired) electrons. The topological polar surface area (TPSA) is 60.9 Å². The van der Waals surface area contributed by atoms with E-state index in [0.717, 1.165) is 23.3 Å². The Labute approximate surface area is 186 Å². The van der Waals surface area contributed by atoms with Crippen molar-refractivity contribution in [2.75, 3.05) is 20.1 Å². The second-order valence-corrected chi connectivity index (χ2v) is 8.66. The van der Waals surface area contributed by atoms with Gasteiger partial charge in [-0.2, -0.15) is 13.2 Å². The molecule has 0 aromatic heterocycles. The van der Waals surface area contributed by atoms with Gasteiger partial charge in [-0.05, 0) is 37.1 Å². The molecule has 2 atom stereocenters. The fourth-order valence-electron chi connectivity index (χ4n) is 3.95. The maximum absolute atomic E-state index is 13.2. The van der Waals surface area contributed by atoms with Crippen LogP contribution in [0.15, 0.2) is 46.9 Å². The molecule has 2 amide bonds. The number of hydrogen-bond acceptors (Lipinski definition) is 2. The minimum atomic E-state index is -4.57. The molecular weight excluding hydrogens is 477 g/mol. The van der Waals surface area contributed by atoms with Gasteiger partial charge in [0.15, 0.2) is 0 Å². The average molecular weight is 499 g/mol. The predicted octanol–water partition coefficient (Wildman–Crippen LogP) is 5.38. The number of benzene rings is 2. The number of likely N-dealkylation sites (N-methyl/N-ethyl adjacent to an activating group) is 1. The van der Waals surface area contributed by atoms with E-state index in [1.54, 1.807) is 7.05 Å². The van der Waals surface area contributed by atoms with Gasteiger partial charge in [-0.3, -0.25) is 4.79 Å². The number of carbonyl (C=O) groups is 2. The third kappa shape index (κ3) is 5.20. The molecule has 3 rings (SSSR count). The molecule has 1 aliphatic rings. The first-order valence-electron chi connectivity index (χ1n) is 9.66. The van der Waals surface area contributed by atoms with Crippen LogP contribution in [0.25, 0.3) is 0 Å². The van der Waals surface area contributed by atoms with Crippen LogP contribution in [0.3, 0.4) is 0 Å². The van der Waals surface area contributed by atoms with Crippen LogP contribution >= 0.6 is 15.9 Å². The molecule has 2 aromatic rings. The van der Waals surface area contributed by atoms with Crippen LogP contribution in [0.1, 0.15) is 39.4 Å². The maximum atomic E-state index is 13.2. The Morgan fingerprint density at radius 1 is 1.16 bits per heavy atom. The Kier molecular flexibility index (Phi) is 6.64. The number of alkyl halides is 3. The summed E-state index contributed by atoms with van der Waals surface area (Å²) in [5, 5.41) is 9.43. The minimum absolute atomic E-state index is 0.0764. The standard InChI is InChI=1S/C22H22BrF3N2O3/c1-13-3-5-14(6-4-13)18-12-28(21(30)31)8-7-19(18)27(2)20(29)15-9-16(22(24,25)26)11-17(23)10-15/h3-6,9-11,18-19H,7-8,12H2,1-2H3,(H,30,31)/t18-,19+/m0/s1. The van der Waals surface area contributed by atoms with Gasteiger partial charge < -0.3 is 14.9 Å². The van der Waals surface area contributed by atoms with E-state index >= 15 is 0 Å². The van der Waals surface area contributed by atoms with Crippen LogP contribution in [-0.2, 0) is 6.18 Å². The number of carboxylic acid groups (broad SMARTS) is 1. The Bertz CT molecular complexity index is 979. The van der Waals surface area contributed by atoms with Crippen molar-refractivity contribution in [1.29, 1.82) is 0 Å². The molecule has 2 aromatic carbocycles. The third-order valence-corrected chi connectivity index (χ3v) is 6.10. The van der Waals surface area contributed by atoms with Gasteiger partial charge in [-0.25, -0.2) is 4.79 Å². The molecule has 31 heavy (non-hydrogen) atoms. The third-order valence-electron chi connectivity index (χ3n) is 5.64. The summed E-state index contributed by atoms with van der Waals surface area (Å²) in [6, 6.07) is 10.4. The zero-order chi connectivity index (χ0) is 22.9. The van der Waals surface area contributed by atoms with Crippen molar-refractivity contribution >= 4 is 27.9 Å². The highest BCUT2D eigenvalue weighted by molar-refractivity contribution is 9.10. The summed E-state index contributed by atoms with van der Waals surface area (Å²) in [6.45, 7) is 2.38. The summed E-state index contributed by atoms with van der Waals surface area (Å²) >= 11 is 3.06. The van der Waals surface area contributed by atoms with E-state index in [1.807, 2.05) is 31.2 Å². The molecular formula is C22H22BrF3N2O3. The summed E-state index contributed by atoms with van der Waals surface area (Å²) in [5.74, 6) is -0.841. The maximum Gasteiger partial charge on any atom is 0.416 e. The lowest BCUT2D eigenvalue weighted by molar-refractivity contribution is -0.137. The lowest BCUT2D eigenvalue weighted by Crippen LogP contribution is -2.51. The SMILES string of the molecule is Cc1ccc([C@@H]2CN(C(=O)O)CC[C@H]2N(C)C(=O)c2cc(Br)cc(C(F)(F)F)c2)cc1. The summed E-state index contributed by atoms with van der Waals surface area (Å²) < 4.78 is 39.7. The number of hydrogen-bond donors (Lipinski definition) is 1. The van der Waals surface area contributed by atoms with E-state index in [1.165, 1.54) is 15.9 Å². The molecule has 166 valence electrons. The van der Waals surface area contributed by atoms with Crippen LogP contribution in [0.2, 0.25) is 0 Å². The van der Waals surface area contributed by atoms with E-state index in [2.05, 4.69) is 15.9 Å². The lowest BCUT2D eigenvalue weighted by Gasteiger charge is -2.42. The van der Waals surface area contributed by atoms with Crippen LogP contribution in [0.5, 0.6) is 0 Å². The van der Waals surface area contributed by atoms with Crippen molar-refractivity contribution in [2.45, 2.75) is 31.5 Å². The number of amides is 2. The van der Waals surface area contributed by atoms with Gasteiger partial charge in [0.2, 0.25) is 0 Å². The van der Waals surface area contributed by atoms with Gasteiger partial charge in [0.1, 0.15) is 0 Å². The molecule has 0 bridgehead atoms. The van der Waals surface area contributed by atoms with Gasteiger partial charge in [0, 0.05) is 42.1 Å². The zero-order valence-electron chi connectivity index (χ0n) is 17.0. The van der Waals surface area contributed by atoms with E-state index in [9.17, 15) is 27.9 Å². The molecule has 9 heteroatoms. The number of piperidine rings is 1. The Hall–Kier alpha value is -2.55. The number of carbonyl (C=O) groups excluding carboxylic acids is 1. The van der Waals surface area contributed by atoms with Gasteiger partial charge in [0.05, 0.1) is 5.56 Å². The first-order valence-corrected chi connectivity index (χ1v) is 10.5. The van der Waals surface area contributed by atoms with Crippen LogP contribution < -0.4 is 0 Å². The fourth-order valence-corrected chi connectivity index (χ4v) is 4.44. The highest BCUT2D eigenvalue weighted by Gasteiger charge is 2.37. The number of aryl methyl sites for hydroxylation is 1. The van der Waals surface area contributed by atoms with Gasteiger partial charge in [-0.1, -0.05) is 45.8 Å². The summed E-state index contributed by atoms with van der Waals surface area (Å²) in [7, 11) is 1.55. The molecule has 1 aliphatic heterocycles. The molecule has 1 fully saturated rings. The number of rotatable bonds is 3. The van der Waals surface area contributed by atoms with Crippen LogP contribution in [-0.4, -0.2) is 53.1 Å². The van der Waals surface area contributed by atoms with Crippen molar-refractivity contribution in [3.63, 3.8) is 0 Å². The zero-order valence-corrected chi connectivity index (χ0v) is 18.6. The van der Waals surface area contributed by atoms with E-state index < -0.39 is 23.7 Å².